The lowest BCUT2D eigenvalue weighted by molar-refractivity contribution is -0.117. The van der Waals surface area contributed by atoms with Gasteiger partial charge in [-0.05, 0) is 42.7 Å². The number of rotatable bonds is 3. The number of fused-ring (bicyclic) bond motifs is 1. The van der Waals surface area contributed by atoms with Gasteiger partial charge in [0.15, 0.2) is 9.84 Å². The van der Waals surface area contributed by atoms with E-state index < -0.39 is 21.8 Å². The van der Waals surface area contributed by atoms with Gasteiger partial charge in [0.25, 0.3) is 5.91 Å². The van der Waals surface area contributed by atoms with Gasteiger partial charge in [-0.2, -0.15) is 5.26 Å². The van der Waals surface area contributed by atoms with Gasteiger partial charge in [-0.1, -0.05) is 6.07 Å². The number of benzene rings is 1. The number of sulfone groups is 1. The molecule has 2 aliphatic heterocycles. The molecular weight excluding hydrogens is 328 g/mol. The van der Waals surface area contributed by atoms with E-state index in [2.05, 4.69) is 5.32 Å². The highest BCUT2D eigenvalue weighted by Crippen LogP contribution is 2.30. The SMILES string of the molecule is C[C@@H]1Cc2cc(/C=C(/C#N)C(=O)N[C@H]3CCS(=O)(=O)C3)ccc2O1. The molecule has 6 nitrogen and oxygen atoms in total. The summed E-state index contributed by atoms with van der Waals surface area (Å²) in [7, 11) is -3.08. The Bertz CT molecular complexity index is 852. The van der Waals surface area contributed by atoms with Gasteiger partial charge in [-0.25, -0.2) is 8.42 Å². The van der Waals surface area contributed by atoms with Crippen LogP contribution in [0.1, 0.15) is 24.5 Å². The molecule has 1 saturated heterocycles. The highest BCUT2D eigenvalue weighted by atomic mass is 32.2. The van der Waals surface area contributed by atoms with Crippen LogP contribution in [-0.2, 0) is 21.1 Å². The third-order valence-electron chi connectivity index (χ3n) is 4.16. The number of amides is 1. The van der Waals surface area contributed by atoms with Crippen molar-refractivity contribution in [1.29, 1.82) is 5.26 Å². The fourth-order valence-electron chi connectivity index (χ4n) is 3.02. The van der Waals surface area contributed by atoms with Crippen molar-refractivity contribution in [3.8, 4) is 11.8 Å². The monoisotopic (exact) mass is 346 g/mol. The van der Waals surface area contributed by atoms with Crippen LogP contribution >= 0.6 is 0 Å². The van der Waals surface area contributed by atoms with E-state index in [0.29, 0.717) is 6.42 Å². The molecule has 2 aliphatic rings. The zero-order valence-corrected chi connectivity index (χ0v) is 14.1. The van der Waals surface area contributed by atoms with Crippen LogP contribution in [0.4, 0.5) is 0 Å². The second kappa shape index (κ2) is 6.29. The van der Waals surface area contributed by atoms with Crippen molar-refractivity contribution in [2.75, 3.05) is 11.5 Å². The van der Waals surface area contributed by atoms with Crippen LogP contribution in [0.3, 0.4) is 0 Å². The molecule has 2 atom stereocenters. The number of nitriles is 1. The van der Waals surface area contributed by atoms with Crippen LogP contribution in [0.5, 0.6) is 5.75 Å². The molecule has 3 rings (SSSR count). The van der Waals surface area contributed by atoms with E-state index >= 15 is 0 Å². The molecule has 1 N–H and O–H groups in total. The van der Waals surface area contributed by atoms with Gasteiger partial charge in [0, 0.05) is 12.5 Å². The van der Waals surface area contributed by atoms with Crippen molar-refractivity contribution in [1.82, 2.24) is 5.32 Å². The van der Waals surface area contributed by atoms with Crippen LogP contribution in [0.2, 0.25) is 0 Å². The average Bonchev–Trinajstić information content (AvgIpc) is 3.05. The van der Waals surface area contributed by atoms with Crippen LogP contribution in [0.25, 0.3) is 6.08 Å². The molecule has 0 aromatic heterocycles. The minimum atomic E-state index is -3.08. The molecule has 1 aromatic carbocycles. The first-order valence-electron chi connectivity index (χ1n) is 7.79. The predicted octanol–water partition coefficient (Wildman–Crippen LogP) is 1.22. The first kappa shape index (κ1) is 16.5. The van der Waals surface area contributed by atoms with Crippen molar-refractivity contribution in [3.63, 3.8) is 0 Å². The Balaban J connectivity index is 1.74. The molecule has 0 radical (unpaired) electrons. The lowest BCUT2D eigenvalue weighted by Gasteiger charge is -2.10. The third-order valence-corrected chi connectivity index (χ3v) is 5.93. The Morgan fingerprint density at radius 1 is 1.46 bits per heavy atom. The highest BCUT2D eigenvalue weighted by molar-refractivity contribution is 7.91. The lowest BCUT2D eigenvalue weighted by atomic mass is 10.0. The summed E-state index contributed by atoms with van der Waals surface area (Å²) in [5, 5.41) is 11.9. The maximum Gasteiger partial charge on any atom is 0.262 e. The van der Waals surface area contributed by atoms with Gasteiger partial charge in [0.1, 0.15) is 23.5 Å². The summed E-state index contributed by atoms with van der Waals surface area (Å²) in [6.45, 7) is 1.99. The number of hydrogen-bond donors (Lipinski definition) is 1. The van der Waals surface area contributed by atoms with Gasteiger partial charge in [0.05, 0.1) is 11.5 Å². The minimum Gasteiger partial charge on any atom is -0.490 e. The number of nitrogens with one attached hydrogen (secondary N) is 1. The van der Waals surface area contributed by atoms with Gasteiger partial charge in [0.2, 0.25) is 0 Å². The number of hydrogen-bond acceptors (Lipinski definition) is 5. The third kappa shape index (κ3) is 3.60. The highest BCUT2D eigenvalue weighted by Gasteiger charge is 2.29. The van der Waals surface area contributed by atoms with Crippen LogP contribution in [-0.4, -0.2) is 38.0 Å². The fraction of sp³-hybridized carbons (Fsp3) is 0.412. The van der Waals surface area contributed by atoms with Crippen LogP contribution in [0, 0.1) is 11.3 Å². The van der Waals surface area contributed by atoms with Gasteiger partial charge in [-0.3, -0.25) is 4.79 Å². The van der Waals surface area contributed by atoms with Crippen LogP contribution < -0.4 is 10.1 Å². The van der Waals surface area contributed by atoms with Crippen molar-refractivity contribution in [2.24, 2.45) is 0 Å². The molecule has 0 bridgehead atoms. The van der Waals surface area contributed by atoms with E-state index in [9.17, 15) is 18.5 Å². The molecule has 0 spiro atoms. The summed E-state index contributed by atoms with van der Waals surface area (Å²) in [5.74, 6) is 0.307. The van der Waals surface area contributed by atoms with E-state index in [4.69, 9.17) is 4.74 Å². The standard InChI is InChI=1S/C17H18N2O4S/c1-11-6-13-7-12(2-3-16(13)23-11)8-14(9-18)17(20)19-15-4-5-24(21,22)10-15/h2-3,7-8,11,15H,4-6,10H2,1H3,(H,19,20)/b14-8-/t11-,15+/m1/s1. The quantitative estimate of drug-likeness (QED) is 0.656. The maximum absolute atomic E-state index is 12.2. The Labute approximate surface area is 141 Å². The first-order chi connectivity index (χ1) is 11.4. The Kier molecular flexibility index (Phi) is 4.33. The molecule has 1 aromatic rings. The summed E-state index contributed by atoms with van der Waals surface area (Å²) in [6.07, 6.45) is 2.83. The molecule has 7 heteroatoms. The zero-order chi connectivity index (χ0) is 17.3. The largest absolute Gasteiger partial charge is 0.490 e. The van der Waals surface area contributed by atoms with E-state index in [1.165, 1.54) is 6.08 Å². The summed E-state index contributed by atoms with van der Waals surface area (Å²) in [4.78, 5) is 12.2. The number of nitrogens with zero attached hydrogens (tertiary/aromatic N) is 1. The first-order valence-corrected chi connectivity index (χ1v) is 9.61. The summed E-state index contributed by atoms with van der Waals surface area (Å²) >= 11 is 0. The summed E-state index contributed by atoms with van der Waals surface area (Å²) in [5.41, 5.74) is 1.76. The second-order valence-electron chi connectivity index (χ2n) is 6.24. The molecule has 126 valence electrons. The molecule has 0 aliphatic carbocycles. The van der Waals surface area contributed by atoms with Crippen molar-refractivity contribution >= 4 is 21.8 Å². The van der Waals surface area contributed by atoms with Crippen molar-refractivity contribution in [3.05, 3.63) is 34.9 Å². The van der Waals surface area contributed by atoms with E-state index in [-0.39, 0.29) is 23.2 Å². The molecular formula is C17H18N2O4S. The average molecular weight is 346 g/mol. The maximum atomic E-state index is 12.2. The smallest absolute Gasteiger partial charge is 0.262 e. The number of carbonyl (C=O) groups excluding carboxylic acids is 1. The van der Waals surface area contributed by atoms with Gasteiger partial charge in [-0.15, -0.1) is 0 Å². The Morgan fingerprint density at radius 2 is 2.25 bits per heavy atom. The van der Waals surface area contributed by atoms with Crippen molar-refractivity contribution in [2.45, 2.75) is 31.9 Å². The Hall–Kier alpha value is -2.33. The molecule has 2 heterocycles. The summed E-state index contributed by atoms with van der Waals surface area (Å²) < 4.78 is 28.5. The molecule has 0 unspecified atom stereocenters. The summed E-state index contributed by atoms with van der Waals surface area (Å²) in [6, 6.07) is 7.00. The Morgan fingerprint density at radius 3 is 2.92 bits per heavy atom. The minimum absolute atomic E-state index is 0.0359. The number of ether oxygens (including phenoxy) is 1. The van der Waals surface area contributed by atoms with E-state index in [1.807, 2.05) is 25.1 Å². The molecule has 1 amide bonds. The molecule has 1 fully saturated rings. The molecule has 0 saturated carbocycles. The van der Waals surface area contributed by atoms with Gasteiger partial charge >= 0.3 is 0 Å². The van der Waals surface area contributed by atoms with E-state index in [0.717, 1.165) is 23.3 Å². The van der Waals surface area contributed by atoms with E-state index in [1.54, 1.807) is 6.07 Å². The molecule has 24 heavy (non-hydrogen) atoms. The normalized spacial score (nSPS) is 24.8. The number of carbonyl (C=O) groups is 1. The van der Waals surface area contributed by atoms with Crippen LogP contribution in [0.15, 0.2) is 23.8 Å². The predicted molar refractivity (Wildman–Crippen MR) is 89.0 cm³/mol. The fourth-order valence-corrected chi connectivity index (χ4v) is 4.69. The lowest BCUT2D eigenvalue weighted by Crippen LogP contribution is -2.36. The van der Waals surface area contributed by atoms with Gasteiger partial charge < -0.3 is 10.1 Å². The zero-order valence-electron chi connectivity index (χ0n) is 13.3. The topological polar surface area (TPSA) is 96.3 Å². The second-order valence-corrected chi connectivity index (χ2v) is 8.47. The van der Waals surface area contributed by atoms with Crippen molar-refractivity contribution < 1.29 is 17.9 Å².